The van der Waals surface area contributed by atoms with Gasteiger partial charge in [0.2, 0.25) is 5.89 Å². The van der Waals surface area contributed by atoms with E-state index in [1.807, 2.05) is 12.1 Å². The number of aromatic nitrogens is 4. The summed E-state index contributed by atoms with van der Waals surface area (Å²) in [4.78, 5) is 15.1. The average Bonchev–Trinajstić information content (AvgIpc) is 3.42. The van der Waals surface area contributed by atoms with E-state index in [-0.39, 0.29) is 11.4 Å². The normalized spacial score (nSPS) is 13.4. The molecular formula is C21H24N6O2. The Labute approximate surface area is 168 Å². The van der Waals surface area contributed by atoms with E-state index in [4.69, 9.17) is 10.2 Å². The monoisotopic (exact) mass is 392 g/mol. The molecule has 2 aromatic heterocycles. The van der Waals surface area contributed by atoms with Gasteiger partial charge in [0, 0.05) is 37.5 Å². The third kappa shape index (κ3) is 4.12. The molecule has 1 aromatic carbocycles. The molecule has 0 saturated carbocycles. The molecule has 0 spiro atoms. The van der Waals surface area contributed by atoms with E-state index in [1.165, 1.54) is 4.68 Å². The molecule has 0 radical (unpaired) electrons. The zero-order chi connectivity index (χ0) is 20.2. The number of unbranched alkanes of at least 4 members (excludes halogenated alkanes) is 1. The molecule has 2 N–H and O–H groups in total. The smallest absolute Gasteiger partial charge is 0.279 e. The maximum Gasteiger partial charge on any atom is 0.279 e. The van der Waals surface area contributed by atoms with Crippen molar-refractivity contribution in [3.8, 4) is 22.7 Å². The minimum Gasteiger partial charge on any atom is -0.421 e. The van der Waals surface area contributed by atoms with E-state index in [0.717, 1.165) is 37.1 Å². The summed E-state index contributed by atoms with van der Waals surface area (Å²) < 4.78 is 6.98. The highest BCUT2D eigenvalue weighted by atomic mass is 16.4. The molecule has 0 atom stereocenters. The van der Waals surface area contributed by atoms with Crippen molar-refractivity contribution in [3.05, 3.63) is 58.9 Å². The van der Waals surface area contributed by atoms with Crippen molar-refractivity contribution in [2.75, 3.05) is 18.0 Å². The number of anilines is 1. The van der Waals surface area contributed by atoms with Gasteiger partial charge in [-0.05, 0) is 44.0 Å². The van der Waals surface area contributed by atoms with Gasteiger partial charge < -0.3 is 15.1 Å². The van der Waals surface area contributed by atoms with Crippen LogP contribution in [0.25, 0.3) is 22.7 Å². The van der Waals surface area contributed by atoms with Crippen LogP contribution in [0.15, 0.2) is 51.8 Å². The van der Waals surface area contributed by atoms with Gasteiger partial charge in [-0.1, -0.05) is 18.2 Å². The minimum atomic E-state index is -0.242. The molecular weight excluding hydrogens is 368 g/mol. The van der Waals surface area contributed by atoms with Crippen LogP contribution in [0.5, 0.6) is 0 Å². The summed E-state index contributed by atoms with van der Waals surface area (Å²) in [6.07, 6.45) is 6.91. The first kappa shape index (κ1) is 19.1. The molecule has 0 bridgehead atoms. The molecule has 1 aliphatic rings. The molecule has 0 fully saturated rings. The van der Waals surface area contributed by atoms with E-state index in [0.29, 0.717) is 30.2 Å². The summed E-state index contributed by atoms with van der Waals surface area (Å²) >= 11 is 0. The summed E-state index contributed by atoms with van der Waals surface area (Å²) in [5.74, 6) is 0.623. The van der Waals surface area contributed by atoms with E-state index >= 15 is 0 Å². The second-order valence-corrected chi connectivity index (χ2v) is 7.01. The van der Waals surface area contributed by atoms with Crippen LogP contribution in [0.1, 0.15) is 25.2 Å². The maximum atomic E-state index is 12.9. The van der Waals surface area contributed by atoms with Crippen molar-refractivity contribution in [2.45, 2.75) is 32.7 Å². The Balaban J connectivity index is 1.72. The van der Waals surface area contributed by atoms with E-state index in [2.05, 4.69) is 44.6 Å². The summed E-state index contributed by atoms with van der Waals surface area (Å²) in [5, 5.41) is 12.5. The van der Waals surface area contributed by atoms with Crippen LogP contribution in [0.2, 0.25) is 0 Å². The molecule has 1 aliphatic heterocycles. The van der Waals surface area contributed by atoms with Gasteiger partial charge in [0.05, 0.1) is 5.69 Å². The lowest BCUT2D eigenvalue weighted by Crippen LogP contribution is -2.25. The summed E-state index contributed by atoms with van der Waals surface area (Å²) in [6.45, 7) is 3.76. The van der Waals surface area contributed by atoms with Crippen molar-refractivity contribution in [1.82, 2.24) is 20.0 Å². The molecule has 0 saturated heterocycles. The fourth-order valence-electron chi connectivity index (χ4n) is 3.33. The summed E-state index contributed by atoms with van der Waals surface area (Å²) in [6, 6.07) is 9.88. The third-order valence-corrected chi connectivity index (χ3v) is 4.87. The Bertz CT molecular complexity index is 1070. The first-order valence-electron chi connectivity index (χ1n) is 9.82. The number of rotatable bonds is 7. The zero-order valence-corrected chi connectivity index (χ0v) is 16.4. The lowest BCUT2D eigenvalue weighted by molar-refractivity contribution is 0.519. The van der Waals surface area contributed by atoms with E-state index in [9.17, 15) is 4.79 Å². The first-order chi connectivity index (χ1) is 14.2. The van der Waals surface area contributed by atoms with Crippen molar-refractivity contribution >= 4 is 5.69 Å². The topological polar surface area (TPSA) is 103 Å². The lowest BCUT2D eigenvalue weighted by Gasteiger charge is -2.16. The minimum absolute atomic E-state index is 0.211. The molecule has 0 aliphatic carbocycles. The predicted molar refractivity (Wildman–Crippen MR) is 111 cm³/mol. The Kier molecular flexibility index (Phi) is 5.53. The fraction of sp³-hybridized carbons (Fsp3) is 0.333. The Hall–Kier alpha value is -3.26. The van der Waals surface area contributed by atoms with Gasteiger partial charge in [-0.15, -0.1) is 10.2 Å². The predicted octanol–water partition coefficient (Wildman–Crippen LogP) is 2.73. The lowest BCUT2D eigenvalue weighted by atomic mass is 10.1. The van der Waals surface area contributed by atoms with Crippen molar-refractivity contribution in [1.29, 1.82) is 0 Å². The maximum absolute atomic E-state index is 12.9. The van der Waals surface area contributed by atoms with Crippen LogP contribution >= 0.6 is 0 Å². The number of hydrogen-bond acceptors (Lipinski definition) is 7. The largest absolute Gasteiger partial charge is 0.421 e. The Morgan fingerprint density at radius 3 is 2.66 bits per heavy atom. The third-order valence-electron chi connectivity index (χ3n) is 4.87. The van der Waals surface area contributed by atoms with Crippen LogP contribution in [-0.4, -0.2) is 33.1 Å². The second-order valence-electron chi connectivity index (χ2n) is 7.01. The number of nitrogens with zero attached hydrogens (tertiary/aromatic N) is 5. The van der Waals surface area contributed by atoms with Gasteiger partial charge in [-0.25, -0.2) is 4.68 Å². The molecule has 0 amide bonds. The van der Waals surface area contributed by atoms with Crippen molar-refractivity contribution < 1.29 is 4.42 Å². The van der Waals surface area contributed by atoms with Crippen LogP contribution in [0.4, 0.5) is 5.69 Å². The number of hydrogen-bond donors (Lipinski definition) is 1. The summed E-state index contributed by atoms with van der Waals surface area (Å²) in [5.41, 5.74) is 8.44. The van der Waals surface area contributed by atoms with Crippen molar-refractivity contribution in [2.24, 2.45) is 5.73 Å². The highest BCUT2D eigenvalue weighted by Crippen LogP contribution is 2.25. The molecule has 150 valence electrons. The number of benzene rings is 1. The highest BCUT2D eigenvalue weighted by Gasteiger charge is 2.17. The summed E-state index contributed by atoms with van der Waals surface area (Å²) in [7, 11) is 0. The van der Waals surface area contributed by atoms with Gasteiger partial charge in [-0.3, -0.25) is 4.79 Å². The second kappa shape index (κ2) is 8.40. The SMILES string of the molecule is Cc1nnc(-c2cc(-c3ccc(N4C=CCC4)cc3)nn(CCCCN)c2=O)o1. The quantitative estimate of drug-likeness (QED) is 0.617. The highest BCUT2D eigenvalue weighted by molar-refractivity contribution is 5.67. The Morgan fingerprint density at radius 2 is 2.00 bits per heavy atom. The van der Waals surface area contributed by atoms with E-state index in [1.54, 1.807) is 13.0 Å². The zero-order valence-electron chi connectivity index (χ0n) is 16.4. The molecule has 8 nitrogen and oxygen atoms in total. The van der Waals surface area contributed by atoms with Gasteiger partial charge in [-0.2, -0.15) is 5.10 Å². The number of nitrogens with two attached hydrogens (primary N) is 1. The first-order valence-corrected chi connectivity index (χ1v) is 9.82. The molecule has 3 heterocycles. The van der Waals surface area contributed by atoms with Gasteiger partial charge in [0.15, 0.2) is 0 Å². The number of aryl methyl sites for hydroxylation is 2. The molecule has 29 heavy (non-hydrogen) atoms. The Morgan fingerprint density at radius 1 is 1.17 bits per heavy atom. The van der Waals surface area contributed by atoms with Crippen LogP contribution in [0.3, 0.4) is 0 Å². The standard InChI is InChI=1S/C21H24N6O2/c1-15-23-24-20(29-15)18-14-19(25-27(21(18)28)13-3-2-10-22)16-6-8-17(9-7-16)26-11-4-5-12-26/h4,6-9,11,14H,2-3,5,10,12-13,22H2,1H3. The molecule has 4 rings (SSSR count). The van der Waals surface area contributed by atoms with Gasteiger partial charge in [0.1, 0.15) is 5.56 Å². The van der Waals surface area contributed by atoms with Crippen LogP contribution in [-0.2, 0) is 6.54 Å². The van der Waals surface area contributed by atoms with Gasteiger partial charge >= 0.3 is 0 Å². The van der Waals surface area contributed by atoms with Gasteiger partial charge in [0.25, 0.3) is 11.4 Å². The fourth-order valence-corrected chi connectivity index (χ4v) is 3.33. The molecule has 3 aromatic rings. The molecule has 0 unspecified atom stereocenters. The van der Waals surface area contributed by atoms with Crippen LogP contribution < -0.4 is 16.2 Å². The van der Waals surface area contributed by atoms with E-state index < -0.39 is 0 Å². The average molecular weight is 392 g/mol. The molecule has 8 heteroatoms. The van der Waals surface area contributed by atoms with Crippen LogP contribution in [0, 0.1) is 6.92 Å². The van der Waals surface area contributed by atoms with Crippen molar-refractivity contribution in [3.63, 3.8) is 0 Å².